The van der Waals surface area contributed by atoms with E-state index in [1.165, 1.54) is 11.9 Å². The monoisotopic (exact) mass is 414 g/mol. The van der Waals surface area contributed by atoms with Crippen molar-refractivity contribution in [1.29, 1.82) is 0 Å². The third kappa shape index (κ3) is 5.02. The molecule has 2 aliphatic heterocycles. The molecule has 0 bridgehead atoms. The van der Waals surface area contributed by atoms with Crippen molar-refractivity contribution >= 4 is 17.3 Å². The largest absolute Gasteiger partial charge is 0.364 e. The van der Waals surface area contributed by atoms with E-state index in [9.17, 15) is 10.1 Å². The molecule has 0 unspecified atom stereocenters. The highest BCUT2D eigenvalue weighted by molar-refractivity contribution is 5.70. The van der Waals surface area contributed by atoms with Crippen molar-refractivity contribution in [2.24, 2.45) is 0 Å². The number of rotatable bonds is 8. The molecule has 2 aliphatic rings. The average Bonchev–Trinajstić information content (AvgIpc) is 3.28. The molecule has 0 radical (unpaired) electrons. The number of hydrogen-bond donors (Lipinski definition) is 1. The smallest absolute Gasteiger partial charge is 0.353 e. The summed E-state index contributed by atoms with van der Waals surface area (Å²) in [7, 11) is 0. The van der Waals surface area contributed by atoms with Gasteiger partial charge in [-0.05, 0) is 5.56 Å². The molecule has 1 aromatic carbocycles. The number of benzene rings is 1. The summed E-state index contributed by atoms with van der Waals surface area (Å²) in [6.45, 7) is 5.48. The van der Waals surface area contributed by atoms with Gasteiger partial charge in [-0.1, -0.05) is 30.3 Å². The summed E-state index contributed by atoms with van der Waals surface area (Å²) in [5, 5.41) is 14.9. The van der Waals surface area contributed by atoms with Crippen LogP contribution in [0.1, 0.15) is 12.0 Å². The number of nitrogens with one attached hydrogen (secondary N) is 1. The molecule has 2 saturated heterocycles. The fourth-order valence-corrected chi connectivity index (χ4v) is 3.74. The summed E-state index contributed by atoms with van der Waals surface area (Å²) in [4.78, 5) is 24.1. The SMILES string of the molecule is O=[N+]([O-])c1c(NCCC2OCCO2)ncnc1N1CCN(Cc2ccccc2)CC1. The van der Waals surface area contributed by atoms with Crippen LogP contribution in [0.25, 0.3) is 0 Å². The van der Waals surface area contributed by atoms with Gasteiger partial charge in [0.2, 0.25) is 11.6 Å². The quantitative estimate of drug-likeness (QED) is 0.512. The van der Waals surface area contributed by atoms with Gasteiger partial charge in [-0.25, -0.2) is 9.97 Å². The minimum Gasteiger partial charge on any atom is -0.364 e. The summed E-state index contributed by atoms with van der Waals surface area (Å²) in [6.07, 6.45) is 1.70. The Labute approximate surface area is 175 Å². The second-order valence-electron chi connectivity index (χ2n) is 7.29. The van der Waals surface area contributed by atoms with Crippen LogP contribution in [0.2, 0.25) is 0 Å². The molecule has 30 heavy (non-hydrogen) atoms. The number of hydrogen-bond acceptors (Lipinski definition) is 9. The molecular weight excluding hydrogens is 388 g/mol. The first-order chi connectivity index (χ1) is 14.7. The van der Waals surface area contributed by atoms with Gasteiger partial charge < -0.3 is 19.7 Å². The van der Waals surface area contributed by atoms with E-state index in [4.69, 9.17) is 9.47 Å². The minimum atomic E-state index is -0.406. The van der Waals surface area contributed by atoms with Gasteiger partial charge >= 0.3 is 5.69 Å². The van der Waals surface area contributed by atoms with Crippen molar-refractivity contribution in [3.8, 4) is 0 Å². The number of nitro groups is 1. The highest BCUT2D eigenvalue weighted by Gasteiger charge is 2.29. The predicted octanol–water partition coefficient (Wildman–Crippen LogP) is 1.88. The van der Waals surface area contributed by atoms with Crippen LogP contribution >= 0.6 is 0 Å². The highest BCUT2D eigenvalue weighted by atomic mass is 16.7. The lowest BCUT2D eigenvalue weighted by atomic mass is 10.2. The van der Waals surface area contributed by atoms with Gasteiger partial charge in [-0.3, -0.25) is 15.0 Å². The molecule has 3 heterocycles. The number of anilines is 2. The van der Waals surface area contributed by atoms with Gasteiger partial charge in [0.1, 0.15) is 6.33 Å². The summed E-state index contributed by atoms with van der Waals surface area (Å²) in [6, 6.07) is 10.3. The second kappa shape index (κ2) is 9.79. The van der Waals surface area contributed by atoms with Gasteiger partial charge in [0.25, 0.3) is 0 Å². The first-order valence-corrected chi connectivity index (χ1v) is 10.2. The van der Waals surface area contributed by atoms with Crippen LogP contribution in [0, 0.1) is 10.1 Å². The Morgan fingerprint density at radius 1 is 1.10 bits per heavy atom. The zero-order valence-electron chi connectivity index (χ0n) is 16.8. The second-order valence-corrected chi connectivity index (χ2v) is 7.29. The molecule has 10 nitrogen and oxygen atoms in total. The number of aromatic nitrogens is 2. The third-order valence-electron chi connectivity index (χ3n) is 5.27. The van der Waals surface area contributed by atoms with Crippen molar-refractivity contribution < 1.29 is 14.4 Å². The molecule has 4 rings (SSSR count). The Balaban J connectivity index is 1.39. The topological polar surface area (TPSA) is 106 Å². The molecule has 0 atom stereocenters. The summed E-state index contributed by atoms with van der Waals surface area (Å²) < 4.78 is 10.8. The molecule has 10 heteroatoms. The molecule has 2 aromatic rings. The normalized spacial score (nSPS) is 17.9. The summed E-state index contributed by atoms with van der Waals surface area (Å²) >= 11 is 0. The highest BCUT2D eigenvalue weighted by Crippen LogP contribution is 2.32. The van der Waals surface area contributed by atoms with E-state index < -0.39 is 4.92 Å². The zero-order valence-corrected chi connectivity index (χ0v) is 16.8. The van der Waals surface area contributed by atoms with Crippen LogP contribution in [-0.4, -0.2) is 72.0 Å². The lowest BCUT2D eigenvalue weighted by molar-refractivity contribution is -0.383. The van der Waals surface area contributed by atoms with Crippen LogP contribution in [0.15, 0.2) is 36.7 Å². The Kier molecular flexibility index (Phi) is 6.67. The van der Waals surface area contributed by atoms with E-state index in [2.05, 4.69) is 32.3 Å². The van der Waals surface area contributed by atoms with Crippen LogP contribution in [0.4, 0.5) is 17.3 Å². The molecule has 1 N–H and O–H groups in total. The van der Waals surface area contributed by atoms with E-state index in [1.807, 2.05) is 23.1 Å². The molecular formula is C20H26N6O4. The molecule has 0 aliphatic carbocycles. The standard InChI is InChI=1S/C20H26N6O4/c27-26(28)18-19(21-7-6-17-29-12-13-30-17)22-15-23-20(18)25-10-8-24(9-11-25)14-16-4-2-1-3-5-16/h1-5,15,17H,6-14H2,(H,21,22,23). The van der Waals surface area contributed by atoms with Crippen molar-refractivity contribution in [2.75, 3.05) is 56.2 Å². The lowest BCUT2D eigenvalue weighted by Crippen LogP contribution is -2.46. The first kappa shape index (κ1) is 20.5. The molecule has 1 aromatic heterocycles. The fraction of sp³-hybridized carbons (Fsp3) is 0.500. The number of piperazine rings is 1. The Morgan fingerprint density at radius 3 is 2.53 bits per heavy atom. The Morgan fingerprint density at radius 2 is 1.83 bits per heavy atom. The van der Waals surface area contributed by atoms with Gasteiger partial charge in [0.05, 0.1) is 18.1 Å². The summed E-state index contributed by atoms with van der Waals surface area (Å²) in [5.74, 6) is 0.597. The van der Waals surface area contributed by atoms with Crippen molar-refractivity contribution in [1.82, 2.24) is 14.9 Å². The van der Waals surface area contributed by atoms with E-state index in [0.717, 1.165) is 19.6 Å². The fourth-order valence-electron chi connectivity index (χ4n) is 3.74. The average molecular weight is 414 g/mol. The summed E-state index contributed by atoms with van der Waals surface area (Å²) in [5.41, 5.74) is 1.18. The third-order valence-corrected chi connectivity index (χ3v) is 5.27. The van der Waals surface area contributed by atoms with Crippen LogP contribution in [0.5, 0.6) is 0 Å². The molecule has 160 valence electrons. The number of ether oxygens (including phenoxy) is 2. The predicted molar refractivity (Wildman–Crippen MR) is 111 cm³/mol. The minimum absolute atomic E-state index is 0.0812. The number of nitrogens with zero attached hydrogens (tertiary/aromatic N) is 5. The van der Waals surface area contributed by atoms with Gasteiger partial charge in [-0.15, -0.1) is 0 Å². The maximum absolute atomic E-state index is 11.8. The van der Waals surface area contributed by atoms with Crippen molar-refractivity contribution in [2.45, 2.75) is 19.3 Å². The van der Waals surface area contributed by atoms with Gasteiger partial charge in [0, 0.05) is 45.7 Å². The maximum Gasteiger partial charge on any atom is 0.353 e. The van der Waals surface area contributed by atoms with Crippen LogP contribution in [0.3, 0.4) is 0 Å². The van der Waals surface area contributed by atoms with E-state index >= 15 is 0 Å². The van der Waals surface area contributed by atoms with Crippen LogP contribution < -0.4 is 10.2 Å². The van der Waals surface area contributed by atoms with E-state index in [-0.39, 0.29) is 17.8 Å². The molecule has 2 fully saturated rings. The lowest BCUT2D eigenvalue weighted by Gasteiger charge is -2.35. The maximum atomic E-state index is 11.8. The molecule has 0 amide bonds. The van der Waals surface area contributed by atoms with E-state index in [1.54, 1.807) is 0 Å². The van der Waals surface area contributed by atoms with Gasteiger partial charge in [0.15, 0.2) is 6.29 Å². The first-order valence-electron chi connectivity index (χ1n) is 10.2. The Bertz CT molecular complexity index is 838. The van der Waals surface area contributed by atoms with E-state index in [0.29, 0.717) is 45.1 Å². The zero-order chi connectivity index (χ0) is 20.8. The Hall–Kier alpha value is -2.82. The van der Waals surface area contributed by atoms with Crippen molar-refractivity contribution in [3.63, 3.8) is 0 Å². The molecule has 0 saturated carbocycles. The van der Waals surface area contributed by atoms with Gasteiger partial charge in [-0.2, -0.15) is 0 Å². The van der Waals surface area contributed by atoms with Crippen molar-refractivity contribution in [3.05, 3.63) is 52.3 Å². The van der Waals surface area contributed by atoms with Crippen LogP contribution in [-0.2, 0) is 16.0 Å². The molecule has 0 spiro atoms.